The summed E-state index contributed by atoms with van der Waals surface area (Å²) in [6.07, 6.45) is 0.354. The van der Waals surface area contributed by atoms with Gasteiger partial charge in [-0.05, 0) is 36.2 Å². The molecule has 3 aromatic carbocycles. The van der Waals surface area contributed by atoms with Crippen molar-refractivity contribution in [3.63, 3.8) is 0 Å². The number of carboxylic acid groups (broad SMARTS) is 1. The molecule has 152 valence electrons. The maximum Gasteiger partial charge on any atom is 0.337 e. The fourth-order valence-electron chi connectivity index (χ4n) is 2.94. The zero-order valence-corrected chi connectivity index (χ0v) is 16.0. The third-order valence-corrected chi connectivity index (χ3v) is 4.47. The van der Waals surface area contributed by atoms with Crippen molar-refractivity contribution in [3.05, 3.63) is 95.6 Å². The first-order valence-corrected chi connectivity index (χ1v) is 9.29. The number of carbonyl (C=O) groups is 3. The van der Waals surface area contributed by atoms with E-state index in [0.29, 0.717) is 6.42 Å². The van der Waals surface area contributed by atoms with E-state index in [4.69, 9.17) is 5.73 Å². The van der Waals surface area contributed by atoms with Gasteiger partial charge < -0.3 is 21.5 Å². The van der Waals surface area contributed by atoms with Crippen molar-refractivity contribution in [2.75, 3.05) is 10.6 Å². The molecule has 0 heterocycles. The molecule has 0 saturated carbocycles. The molecular formula is C23H21N3O4. The minimum atomic E-state index is -1.15. The van der Waals surface area contributed by atoms with Crippen molar-refractivity contribution < 1.29 is 19.5 Å². The summed E-state index contributed by atoms with van der Waals surface area (Å²) in [5, 5.41) is 14.6. The van der Waals surface area contributed by atoms with E-state index in [9.17, 15) is 19.5 Å². The molecule has 0 fully saturated rings. The minimum absolute atomic E-state index is 0.0303. The van der Waals surface area contributed by atoms with Gasteiger partial charge in [0.25, 0.3) is 5.91 Å². The van der Waals surface area contributed by atoms with Gasteiger partial charge in [-0.25, -0.2) is 4.79 Å². The molecule has 0 aromatic heterocycles. The van der Waals surface area contributed by atoms with E-state index < -0.39 is 23.8 Å². The Morgan fingerprint density at radius 3 is 1.93 bits per heavy atom. The van der Waals surface area contributed by atoms with Crippen LogP contribution in [0.4, 0.5) is 11.4 Å². The molecule has 5 N–H and O–H groups in total. The zero-order valence-electron chi connectivity index (χ0n) is 16.0. The molecule has 2 amide bonds. The van der Waals surface area contributed by atoms with Crippen molar-refractivity contribution in [1.29, 1.82) is 0 Å². The number of benzene rings is 3. The first-order chi connectivity index (χ1) is 14.5. The van der Waals surface area contributed by atoms with Crippen molar-refractivity contribution in [2.45, 2.75) is 12.5 Å². The van der Waals surface area contributed by atoms with E-state index in [1.807, 2.05) is 30.3 Å². The zero-order chi connectivity index (χ0) is 21.5. The van der Waals surface area contributed by atoms with Crippen LogP contribution in [0.15, 0.2) is 78.9 Å². The number of para-hydroxylation sites is 2. The van der Waals surface area contributed by atoms with Gasteiger partial charge in [0.15, 0.2) is 0 Å². The number of rotatable bonds is 7. The van der Waals surface area contributed by atoms with Crippen LogP contribution in [0, 0.1) is 0 Å². The Morgan fingerprint density at radius 2 is 1.30 bits per heavy atom. The van der Waals surface area contributed by atoms with Crippen LogP contribution in [0.25, 0.3) is 0 Å². The first-order valence-electron chi connectivity index (χ1n) is 9.29. The molecule has 0 aliphatic carbocycles. The van der Waals surface area contributed by atoms with Gasteiger partial charge in [0, 0.05) is 0 Å². The summed E-state index contributed by atoms with van der Waals surface area (Å²) in [7, 11) is 0. The van der Waals surface area contributed by atoms with Crippen LogP contribution in [0.5, 0.6) is 0 Å². The molecule has 0 radical (unpaired) electrons. The fraction of sp³-hybridized carbons (Fsp3) is 0.0870. The number of hydrogen-bond acceptors (Lipinski definition) is 4. The molecule has 0 bridgehead atoms. The molecule has 1 atom stereocenters. The van der Waals surface area contributed by atoms with Gasteiger partial charge in [0.2, 0.25) is 5.91 Å². The molecule has 1 unspecified atom stereocenters. The second kappa shape index (κ2) is 9.49. The number of carboxylic acids is 1. The predicted octanol–water partition coefficient (Wildman–Crippen LogP) is 3.15. The summed E-state index contributed by atoms with van der Waals surface area (Å²) in [4.78, 5) is 36.7. The lowest BCUT2D eigenvalue weighted by atomic mass is 10.1. The van der Waals surface area contributed by atoms with Crippen LogP contribution >= 0.6 is 0 Å². The summed E-state index contributed by atoms with van der Waals surface area (Å²) in [6.45, 7) is 0. The standard InChI is InChI=1S/C23H21N3O4/c24-18(14-15-8-2-1-3-9-15)22(28)26-19-12-6-4-10-16(19)21(27)25-20-13-7-5-11-17(20)23(29)30/h1-13,18H,14,24H2,(H,25,27)(H,26,28)(H,29,30). The van der Waals surface area contributed by atoms with Crippen molar-refractivity contribution in [3.8, 4) is 0 Å². The minimum Gasteiger partial charge on any atom is -0.478 e. The van der Waals surface area contributed by atoms with E-state index >= 15 is 0 Å². The fourth-order valence-corrected chi connectivity index (χ4v) is 2.94. The van der Waals surface area contributed by atoms with Crippen LogP contribution < -0.4 is 16.4 Å². The maximum absolute atomic E-state index is 12.8. The highest BCUT2D eigenvalue weighted by Gasteiger charge is 2.19. The molecule has 0 aliphatic rings. The van der Waals surface area contributed by atoms with E-state index in [0.717, 1.165) is 5.56 Å². The van der Waals surface area contributed by atoms with Crippen LogP contribution in [0.2, 0.25) is 0 Å². The average Bonchev–Trinajstić information content (AvgIpc) is 2.75. The third kappa shape index (κ3) is 5.09. The van der Waals surface area contributed by atoms with Crippen LogP contribution in [-0.2, 0) is 11.2 Å². The number of aromatic carboxylic acids is 1. The molecule has 30 heavy (non-hydrogen) atoms. The highest BCUT2D eigenvalue weighted by atomic mass is 16.4. The summed E-state index contributed by atoms with van der Waals surface area (Å²) < 4.78 is 0. The van der Waals surface area contributed by atoms with Crippen molar-refractivity contribution in [2.24, 2.45) is 5.73 Å². The Hall–Kier alpha value is -3.97. The lowest BCUT2D eigenvalue weighted by Gasteiger charge is -2.15. The maximum atomic E-state index is 12.8. The summed E-state index contributed by atoms with van der Waals surface area (Å²) in [6, 6.07) is 21.1. The number of nitrogens with one attached hydrogen (secondary N) is 2. The van der Waals surface area contributed by atoms with Crippen LogP contribution in [0.1, 0.15) is 26.3 Å². The lowest BCUT2D eigenvalue weighted by Crippen LogP contribution is -2.37. The average molecular weight is 403 g/mol. The largest absolute Gasteiger partial charge is 0.478 e. The molecule has 7 nitrogen and oxygen atoms in total. The molecule has 7 heteroatoms. The van der Waals surface area contributed by atoms with Gasteiger partial charge in [0.05, 0.1) is 28.5 Å². The summed E-state index contributed by atoms with van der Waals surface area (Å²) >= 11 is 0. The molecule has 0 saturated heterocycles. The number of nitrogens with two attached hydrogens (primary N) is 1. The van der Waals surface area contributed by atoms with Gasteiger partial charge in [-0.1, -0.05) is 54.6 Å². The van der Waals surface area contributed by atoms with Crippen LogP contribution in [-0.4, -0.2) is 28.9 Å². The monoisotopic (exact) mass is 403 g/mol. The number of hydrogen-bond donors (Lipinski definition) is 4. The lowest BCUT2D eigenvalue weighted by molar-refractivity contribution is -0.117. The van der Waals surface area contributed by atoms with Gasteiger partial charge in [-0.2, -0.15) is 0 Å². The van der Waals surface area contributed by atoms with Gasteiger partial charge in [-0.3, -0.25) is 9.59 Å². The Kier molecular flexibility index (Phi) is 6.56. The second-order valence-corrected chi connectivity index (χ2v) is 6.64. The van der Waals surface area contributed by atoms with Crippen LogP contribution in [0.3, 0.4) is 0 Å². The van der Waals surface area contributed by atoms with Crippen molar-refractivity contribution >= 4 is 29.2 Å². The van der Waals surface area contributed by atoms with E-state index in [1.165, 1.54) is 18.2 Å². The predicted molar refractivity (Wildman–Crippen MR) is 115 cm³/mol. The Morgan fingerprint density at radius 1 is 0.767 bits per heavy atom. The molecule has 3 rings (SSSR count). The van der Waals surface area contributed by atoms with Gasteiger partial charge >= 0.3 is 5.97 Å². The highest BCUT2D eigenvalue weighted by Crippen LogP contribution is 2.20. The van der Waals surface area contributed by atoms with Crippen molar-refractivity contribution in [1.82, 2.24) is 0 Å². The number of carbonyl (C=O) groups excluding carboxylic acids is 2. The van der Waals surface area contributed by atoms with E-state index in [2.05, 4.69) is 10.6 Å². The van der Waals surface area contributed by atoms with Gasteiger partial charge in [-0.15, -0.1) is 0 Å². The van der Waals surface area contributed by atoms with E-state index in [1.54, 1.807) is 30.3 Å². The highest BCUT2D eigenvalue weighted by molar-refractivity contribution is 6.12. The Bertz CT molecular complexity index is 1070. The molecule has 3 aromatic rings. The molecular weight excluding hydrogens is 382 g/mol. The van der Waals surface area contributed by atoms with E-state index in [-0.39, 0.29) is 22.5 Å². The normalized spacial score (nSPS) is 11.4. The Labute approximate surface area is 173 Å². The number of amides is 2. The Balaban J connectivity index is 1.75. The summed E-state index contributed by atoms with van der Waals surface area (Å²) in [5.41, 5.74) is 7.56. The smallest absolute Gasteiger partial charge is 0.337 e. The SMILES string of the molecule is NC(Cc1ccccc1)C(=O)Nc1ccccc1C(=O)Nc1ccccc1C(=O)O. The molecule has 0 aliphatic heterocycles. The van der Waals surface area contributed by atoms with Gasteiger partial charge in [0.1, 0.15) is 0 Å². The molecule has 0 spiro atoms. The topological polar surface area (TPSA) is 122 Å². The quantitative estimate of drug-likeness (QED) is 0.483. The number of anilines is 2. The third-order valence-electron chi connectivity index (χ3n) is 4.47. The summed E-state index contributed by atoms with van der Waals surface area (Å²) in [5.74, 6) is -2.12. The second-order valence-electron chi connectivity index (χ2n) is 6.64. The first kappa shape index (κ1) is 20.8.